The topological polar surface area (TPSA) is 180 Å². The Labute approximate surface area is 253 Å². The molecule has 14 heteroatoms. The molecular weight excluding hydrogens is 566 g/mol. The molecule has 0 unspecified atom stereocenters. The summed E-state index contributed by atoms with van der Waals surface area (Å²) in [5.74, 6) is -7.78. The number of aliphatic hydroxyl groups is 2. The lowest BCUT2D eigenvalue weighted by molar-refractivity contribution is -0.181. The maximum Gasteiger partial charge on any atom is 0.332 e. The van der Waals surface area contributed by atoms with Crippen LogP contribution in [0, 0.1) is 23.7 Å². The third-order valence-electron chi connectivity index (χ3n) is 7.43. The van der Waals surface area contributed by atoms with Crippen LogP contribution in [0.5, 0.6) is 0 Å². The number of esters is 3. The molecule has 1 aliphatic rings. The zero-order chi connectivity index (χ0) is 33.5. The lowest BCUT2D eigenvalue weighted by Gasteiger charge is -2.37. The van der Waals surface area contributed by atoms with Gasteiger partial charge in [-0.25, -0.2) is 14.4 Å². The molecule has 1 fully saturated rings. The Hall–Kier alpha value is -3.26. The monoisotopic (exact) mass is 615 g/mol. The summed E-state index contributed by atoms with van der Waals surface area (Å²) in [6, 6.07) is -4.34. The molecular formula is C29H49N3O11. The Kier molecular flexibility index (Phi) is 14.0. The van der Waals surface area contributed by atoms with E-state index in [-0.39, 0.29) is 0 Å². The molecule has 0 radical (unpaired) electrons. The van der Waals surface area contributed by atoms with Crippen LogP contribution in [0.25, 0.3) is 0 Å². The molecule has 0 aliphatic carbocycles. The lowest BCUT2D eigenvalue weighted by atomic mass is 9.99. The smallest absolute Gasteiger partial charge is 0.332 e. The summed E-state index contributed by atoms with van der Waals surface area (Å²) in [6.07, 6.45) is -4.28. The van der Waals surface area contributed by atoms with Crippen molar-refractivity contribution >= 4 is 35.6 Å². The Balaban J connectivity index is 3.82. The lowest BCUT2D eigenvalue weighted by Crippen LogP contribution is -2.57. The fourth-order valence-corrected chi connectivity index (χ4v) is 4.65. The van der Waals surface area contributed by atoms with Crippen molar-refractivity contribution in [3.05, 3.63) is 0 Å². The number of hydrogen-bond donors (Lipinski definition) is 2. The highest BCUT2D eigenvalue weighted by Crippen LogP contribution is 2.22. The van der Waals surface area contributed by atoms with Crippen LogP contribution in [0.2, 0.25) is 0 Å². The van der Waals surface area contributed by atoms with E-state index < -0.39 is 109 Å². The minimum atomic E-state index is -1.57. The predicted octanol–water partition coefficient (Wildman–Crippen LogP) is -0.175. The van der Waals surface area contributed by atoms with E-state index in [2.05, 4.69) is 0 Å². The number of carbonyl (C=O) groups excluding carboxylic acids is 6. The van der Waals surface area contributed by atoms with E-state index in [1.165, 1.54) is 21.1 Å². The molecule has 1 heterocycles. The molecule has 43 heavy (non-hydrogen) atoms. The molecule has 2 N–H and O–H groups in total. The number of nitrogens with zero attached hydrogens (tertiary/aromatic N) is 3. The molecule has 1 rings (SSSR count). The second-order valence-corrected chi connectivity index (χ2v) is 12.2. The van der Waals surface area contributed by atoms with Gasteiger partial charge in [-0.1, -0.05) is 55.4 Å². The van der Waals surface area contributed by atoms with Gasteiger partial charge in [-0.2, -0.15) is 0 Å². The van der Waals surface area contributed by atoms with Crippen LogP contribution in [0.15, 0.2) is 0 Å². The van der Waals surface area contributed by atoms with Gasteiger partial charge in [-0.3, -0.25) is 14.4 Å². The van der Waals surface area contributed by atoms with Crippen LogP contribution >= 0.6 is 0 Å². The van der Waals surface area contributed by atoms with Crippen molar-refractivity contribution in [2.45, 2.75) is 91.8 Å². The second kappa shape index (κ2) is 16.0. The average molecular weight is 616 g/mol. The molecule has 0 aromatic heterocycles. The van der Waals surface area contributed by atoms with Crippen molar-refractivity contribution in [2.75, 3.05) is 34.4 Å². The van der Waals surface area contributed by atoms with Gasteiger partial charge in [-0.05, 0) is 23.7 Å². The van der Waals surface area contributed by atoms with Crippen molar-refractivity contribution in [2.24, 2.45) is 23.7 Å². The van der Waals surface area contributed by atoms with E-state index in [1.807, 2.05) is 0 Å². The molecule has 0 saturated carbocycles. The Morgan fingerprint density at radius 2 is 0.791 bits per heavy atom. The number of aliphatic hydroxyl groups excluding tert-OH is 2. The van der Waals surface area contributed by atoms with Crippen LogP contribution < -0.4 is 0 Å². The molecule has 3 amide bonds. The minimum Gasteiger partial charge on any atom is -0.450 e. The highest BCUT2D eigenvalue weighted by atomic mass is 16.6. The van der Waals surface area contributed by atoms with Crippen LogP contribution in [0.3, 0.4) is 0 Å². The fraction of sp³-hybridized carbons (Fsp3) is 0.793. The number of likely N-dealkylation sites (N-methyl/N-ethyl adjacent to an activating group) is 3. The summed E-state index contributed by atoms with van der Waals surface area (Å²) in [5.41, 5.74) is 0. The van der Waals surface area contributed by atoms with Crippen molar-refractivity contribution in [3.63, 3.8) is 0 Å². The molecule has 0 aromatic rings. The number of amides is 3. The van der Waals surface area contributed by atoms with Gasteiger partial charge in [0.25, 0.3) is 17.7 Å². The standard InChI is InChI=1S/C29H49N3O11/c1-14(2)20-29(40)43-22(16(5)6)25(36)31(10)18(12-33)27(38)41-21(15(3)4)24(35)30(9)19(13-34)28(39)42-23(17(7)8)26(37)32(20)11/h14-23,33-34H,12-13H2,1-11H3/t18-,19-,20-,21+,22+,23+/m0/s1. The van der Waals surface area contributed by atoms with E-state index in [0.717, 1.165) is 14.7 Å². The van der Waals surface area contributed by atoms with Gasteiger partial charge < -0.3 is 39.1 Å². The maximum atomic E-state index is 13.7. The van der Waals surface area contributed by atoms with E-state index >= 15 is 0 Å². The van der Waals surface area contributed by atoms with Crippen LogP contribution in [0.1, 0.15) is 55.4 Å². The first-order valence-electron chi connectivity index (χ1n) is 14.5. The summed E-state index contributed by atoms with van der Waals surface area (Å²) in [7, 11) is 3.78. The van der Waals surface area contributed by atoms with Crippen LogP contribution in [-0.2, 0) is 43.0 Å². The molecule has 1 aliphatic heterocycles. The fourth-order valence-electron chi connectivity index (χ4n) is 4.65. The summed E-state index contributed by atoms with van der Waals surface area (Å²) in [6.45, 7) is 11.2. The number of hydrogen-bond acceptors (Lipinski definition) is 11. The first-order chi connectivity index (χ1) is 19.8. The number of carbonyl (C=O) groups is 6. The molecule has 0 spiro atoms. The SMILES string of the molecule is CC(C)[C@H]1C(=O)O[C@H](C(C)C)C(=O)N(C)[C@@H](CO)C(=O)O[C@H](C(C)C)C(=O)N(C)[C@@H](CO)C(=O)O[C@H](C(C)C)C(=O)N1C. The van der Waals surface area contributed by atoms with Gasteiger partial charge in [0.2, 0.25) is 0 Å². The van der Waals surface area contributed by atoms with Gasteiger partial charge >= 0.3 is 17.9 Å². The maximum absolute atomic E-state index is 13.7. The van der Waals surface area contributed by atoms with E-state index in [0.29, 0.717) is 0 Å². The molecule has 0 aromatic carbocycles. The number of cyclic esters (lactones) is 3. The second-order valence-electron chi connectivity index (χ2n) is 12.2. The van der Waals surface area contributed by atoms with Crippen molar-refractivity contribution in [3.8, 4) is 0 Å². The number of ether oxygens (including phenoxy) is 3. The summed E-state index contributed by atoms with van der Waals surface area (Å²) >= 11 is 0. The first-order valence-corrected chi connectivity index (χ1v) is 14.5. The van der Waals surface area contributed by atoms with Gasteiger partial charge in [0.15, 0.2) is 30.4 Å². The van der Waals surface area contributed by atoms with Crippen molar-refractivity contribution in [1.82, 2.24) is 14.7 Å². The van der Waals surface area contributed by atoms with E-state index in [9.17, 15) is 39.0 Å². The quantitative estimate of drug-likeness (QED) is 0.299. The van der Waals surface area contributed by atoms with Gasteiger partial charge in [0, 0.05) is 21.1 Å². The largest absolute Gasteiger partial charge is 0.450 e. The van der Waals surface area contributed by atoms with Gasteiger partial charge in [0.1, 0.15) is 6.04 Å². The Morgan fingerprint density at radius 3 is 1.05 bits per heavy atom. The molecule has 1 saturated heterocycles. The van der Waals surface area contributed by atoms with Crippen LogP contribution in [-0.4, -0.2) is 131 Å². The van der Waals surface area contributed by atoms with E-state index in [4.69, 9.17) is 14.2 Å². The summed E-state index contributed by atoms with van der Waals surface area (Å²) in [4.78, 5) is 83.5. The van der Waals surface area contributed by atoms with Gasteiger partial charge in [0.05, 0.1) is 13.2 Å². The third-order valence-corrected chi connectivity index (χ3v) is 7.43. The molecule has 0 bridgehead atoms. The van der Waals surface area contributed by atoms with E-state index in [1.54, 1.807) is 55.4 Å². The third kappa shape index (κ3) is 8.88. The van der Waals surface area contributed by atoms with Crippen LogP contribution in [0.4, 0.5) is 0 Å². The predicted molar refractivity (Wildman–Crippen MR) is 153 cm³/mol. The van der Waals surface area contributed by atoms with Crippen molar-refractivity contribution < 1.29 is 53.2 Å². The minimum absolute atomic E-state index is 0.502. The average Bonchev–Trinajstić information content (AvgIpc) is 2.91. The summed E-state index contributed by atoms with van der Waals surface area (Å²) in [5, 5.41) is 20.1. The molecule has 14 nitrogen and oxygen atoms in total. The Morgan fingerprint density at radius 1 is 0.512 bits per heavy atom. The van der Waals surface area contributed by atoms with Crippen molar-refractivity contribution in [1.29, 1.82) is 0 Å². The molecule has 6 atom stereocenters. The normalized spacial score (nSPS) is 28.0. The highest BCUT2D eigenvalue weighted by molar-refractivity contribution is 5.94. The molecule has 246 valence electrons. The zero-order valence-corrected chi connectivity index (χ0v) is 27.1. The highest BCUT2D eigenvalue weighted by Gasteiger charge is 2.44. The Bertz CT molecular complexity index is 1020. The van der Waals surface area contributed by atoms with Gasteiger partial charge in [-0.15, -0.1) is 0 Å². The zero-order valence-electron chi connectivity index (χ0n) is 27.1. The summed E-state index contributed by atoms with van der Waals surface area (Å²) < 4.78 is 16.6. The number of rotatable bonds is 6. The first kappa shape index (κ1) is 37.8.